The number of hydrogen-bond acceptors (Lipinski definition) is 7. The molecule has 2 amide bonds. The largest absolute Gasteiger partial charge is 0.473 e. The number of carbonyl (C=O) groups excluding carboxylic acids is 2. The Morgan fingerprint density at radius 1 is 1.48 bits per heavy atom. The van der Waals surface area contributed by atoms with Gasteiger partial charge in [0.25, 0.3) is 15.2 Å². The zero-order valence-corrected chi connectivity index (χ0v) is 15.0. The highest BCUT2D eigenvalue weighted by Gasteiger charge is 2.41. The van der Waals surface area contributed by atoms with E-state index in [1.807, 2.05) is 0 Å². The molecule has 1 unspecified atom stereocenters. The number of nitrogens with zero attached hydrogens (tertiary/aromatic N) is 2. The number of aryl methyl sites for hydroxylation is 1. The van der Waals surface area contributed by atoms with Gasteiger partial charge in [0, 0.05) is 20.0 Å². The van der Waals surface area contributed by atoms with Crippen molar-refractivity contribution in [2.24, 2.45) is 5.41 Å². The van der Waals surface area contributed by atoms with Crippen molar-refractivity contribution >= 4 is 33.2 Å². The molecule has 1 aliphatic rings. The predicted molar refractivity (Wildman–Crippen MR) is 83.7 cm³/mol. The van der Waals surface area contributed by atoms with Crippen LogP contribution in [0, 0.1) is 12.3 Å². The Morgan fingerprint density at radius 2 is 2.13 bits per heavy atom. The van der Waals surface area contributed by atoms with Crippen LogP contribution in [0.3, 0.4) is 0 Å². The molecule has 0 aliphatic carbocycles. The van der Waals surface area contributed by atoms with E-state index in [0.29, 0.717) is 6.42 Å². The van der Waals surface area contributed by atoms with Crippen molar-refractivity contribution in [3.63, 3.8) is 0 Å². The molecule has 1 aromatic heterocycles. The maximum Gasteiger partial charge on any atom is 0.275 e. The van der Waals surface area contributed by atoms with Crippen LogP contribution in [-0.4, -0.2) is 50.8 Å². The summed E-state index contributed by atoms with van der Waals surface area (Å²) in [6, 6.07) is 0. The number of carbonyl (C=O) groups is 2. The second-order valence-corrected chi connectivity index (χ2v) is 8.64. The summed E-state index contributed by atoms with van der Waals surface area (Å²) < 4.78 is 31.8. The van der Waals surface area contributed by atoms with Gasteiger partial charge >= 0.3 is 0 Å². The number of hydrogen-bond donors (Lipinski definition) is 1. The van der Waals surface area contributed by atoms with Gasteiger partial charge in [-0.15, -0.1) is 0 Å². The molecule has 128 valence electrons. The lowest BCUT2D eigenvalue weighted by atomic mass is 9.81. The fourth-order valence-electron chi connectivity index (χ4n) is 2.44. The molecular weight excluding hydrogens is 342 g/mol. The van der Waals surface area contributed by atoms with Crippen LogP contribution in [0.25, 0.3) is 0 Å². The van der Waals surface area contributed by atoms with Crippen molar-refractivity contribution in [3.8, 4) is 5.19 Å². The van der Waals surface area contributed by atoms with E-state index in [-0.39, 0.29) is 34.0 Å². The third kappa shape index (κ3) is 3.47. The highest BCUT2D eigenvalue weighted by atomic mass is 32.2. The summed E-state index contributed by atoms with van der Waals surface area (Å²) >= 11 is 0.854. The highest BCUT2D eigenvalue weighted by molar-refractivity contribution is 7.92. The van der Waals surface area contributed by atoms with Gasteiger partial charge in [-0.2, -0.15) is 0 Å². The van der Waals surface area contributed by atoms with E-state index in [9.17, 15) is 18.0 Å². The molecule has 1 aromatic rings. The van der Waals surface area contributed by atoms with Gasteiger partial charge in [-0.3, -0.25) is 9.59 Å². The van der Waals surface area contributed by atoms with Gasteiger partial charge in [0.05, 0.1) is 18.2 Å². The number of aromatic nitrogens is 1. The van der Waals surface area contributed by atoms with Gasteiger partial charge < -0.3 is 9.64 Å². The average molecular weight is 361 g/mol. The molecule has 0 saturated carbocycles. The summed E-state index contributed by atoms with van der Waals surface area (Å²) in [6.07, 6.45) is 0.524. The van der Waals surface area contributed by atoms with E-state index in [1.165, 1.54) is 18.9 Å². The van der Waals surface area contributed by atoms with Crippen molar-refractivity contribution in [1.29, 1.82) is 0 Å². The quantitative estimate of drug-likeness (QED) is 0.838. The van der Waals surface area contributed by atoms with Crippen LogP contribution in [0.15, 0.2) is 4.21 Å². The van der Waals surface area contributed by atoms with Gasteiger partial charge in [-0.25, -0.2) is 18.1 Å². The smallest absolute Gasteiger partial charge is 0.275 e. The fraction of sp³-hybridized carbons (Fsp3) is 0.615. The Kier molecular flexibility index (Phi) is 4.67. The Morgan fingerprint density at radius 3 is 2.65 bits per heavy atom. The lowest BCUT2D eigenvalue weighted by molar-refractivity contribution is -0.141. The van der Waals surface area contributed by atoms with E-state index < -0.39 is 21.3 Å². The van der Waals surface area contributed by atoms with Crippen molar-refractivity contribution in [2.45, 2.75) is 30.9 Å². The Hall–Kier alpha value is -1.68. The number of nitrogens with one attached hydrogen (secondary N) is 1. The third-order valence-corrected chi connectivity index (χ3v) is 6.89. The van der Waals surface area contributed by atoms with Gasteiger partial charge in [0.1, 0.15) is 0 Å². The van der Waals surface area contributed by atoms with Crippen molar-refractivity contribution in [1.82, 2.24) is 14.6 Å². The maximum atomic E-state index is 12.5. The first-order valence-electron chi connectivity index (χ1n) is 6.92. The minimum Gasteiger partial charge on any atom is -0.473 e. The zero-order chi connectivity index (χ0) is 17.4. The second kappa shape index (κ2) is 6.08. The monoisotopic (exact) mass is 361 g/mol. The number of amides is 2. The van der Waals surface area contributed by atoms with E-state index >= 15 is 0 Å². The number of likely N-dealkylation sites (tertiary alicyclic amines) is 1. The number of thiazole rings is 1. The Bertz CT molecular complexity index is 743. The summed E-state index contributed by atoms with van der Waals surface area (Å²) in [6.45, 7) is 3.37. The third-order valence-electron chi connectivity index (χ3n) is 3.83. The normalized spacial score (nSPS) is 22.1. The van der Waals surface area contributed by atoms with Crippen LogP contribution in [-0.2, 0) is 19.6 Å². The molecule has 1 saturated heterocycles. The van der Waals surface area contributed by atoms with Crippen LogP contribution >= 0.6 is 11.3 Å². The number of ether oxygens (including phenoxy) is 1. The first-order chi connectivity index (χ1) is 10.6. The van der Waals surface area contributed by atoms with E-state index in [0.717, 1.165) is 11.3 Å². The predicted octanol–water partition coefficient (Wildman–Crippen LogP) is 0.524. The van der Waals surface area contributed by atoms with E-state index in [2.05, 4.69) is 9.71 Å². The molecule has 2 heterocycles. The lowest BCUT2D eigenvalue weighted by Gasteiger charge is -2.36. The van der Waals surface area contributed by atoms with E-state index in [1.54, 1.807) is 14.0 Å². The molecule has 1 fully saturated rings. The van der Waals surface area contributed by atoms with Gasteiger partial charge in [-0.05, 0) is 20.3 Å². The summed E-state index contributed by atoms with van der Waals surface area (Å²) in [5.41, 5.74) is -0.675. The SMILES string of the molecule is COc1nc(C)c(S(=O)(=O)NC(=O)C2(C)CCC(=O)N(C)C2)s1. The molecule has 1 atom stereocenters. The van der Waals surface area contributed by atoms with Gasteiger partial charge in [0.15, 0.2) is 4.21 Å². The lowest BCUT2D eigenvalue weighted by Crippen LogP contribution is -2.52. The summed E-state index contributed by atoms with van der Waals surface area (Å²) in [5.74, 6) is -0.676. The molecule has 0 bridgehead atoms. The Labute approximate surface area is 138 Å². The fourth-order valence-corrected chi connectivity index (χ4v) is 4.85. The van der Waals surface area contributed by atoms with Crippen LogP contribution < -0.4 is 9.46 Å². The minimum atomic E-state index is -4.02. The molecule has 1 N–H and O–H groups in total. The maximum absolute atomic E-state index is 12.5. The zero-order valence-electron chi connectivity index (χ0n) is 13.4. The molecule has 23 heavy (non-hydrogen) atoms. The molecule has 0 aromatic carbocycles. The highest BCUT2D eigenvalue weighted by Crippen LogP contribution is 2.32. The van der Waals surface area contributed by atoms with Crippen LogP contribution in [0.4, 0.5) is 0 Å². The number of sulfonamides is 1. The summed E-state index contributed by atoms with van der Waals surface area (Å²) in [7, 11) is -1.04. The number of piperidine rings is 1. The summed E-state index contributed by atoms with van der Waals surface area (Å²) in [4.78, 5) is 29.4. The Balaban J connectivity index is 2.21. The van der Waals surface area contributed by atoms with Crippen LogP contribution in [0.2, 0.25) is 0 Å². The first-order valence-corrected chi connectivity index (χ1v) is 9.22. The van der Waals surface area contributed by atoms with Crippen molar-refractivity contribution in [2.75, 3.05) is 20.7 Å². The topological polar surface area (TPSA) is 106 Å². The molecule has 0 radical (unpaired) electrons. The van der Waals surface area contributed by atoms with Crippen LogP contribution in [0.5, 0.6) is 5.19 Å². The number of methoxy groups -OCH3 is 1. The first kappa shape index (κ1) is 17.7. The van der Waals surface area contributed by atoms with Gasteiger partial charge in [-0.1, -0.05) is 11.3 Å². The van der Waals surface area contributed by atoms with Crippen molar-refractivity contribution < 1.29 is 22.7 Å². The molecule has 1 aliphatic heterocycles. The second-order valence-electron chi connectivity index (χ2n) is 5.80. The average Bonchev–Trinajstić information content (AvgIpc) is 2.85. The van der Waals surface area contributed by atoms with Crippen molar-refractivity contribution in [3.05, 3.63) is 5.69 Å². The summed E-state index contributed by atoms with van der Waals surface area (Å²) in [5, 5.41) is 0.213. The molecular formula is C13H19N3O5S2. The van der Waals surface area contributed by atoms with E-state index in [4.69, 9.17) is 4.74 Å². The molecule has 8 nitrogen and oxygen atoms in total. The minimum absolute atomic E-state index is 0.0495. The molecule has 10 heteroatoms. The van der Waals surface area contributed by atoms with Crippen LogP contribution in [0.1, 0.15) is 25.5 Å². The standard InChI is InChI=1S/C13H19N3O5S2/c1-8-10(22-12(14-8)21-4)23(19,20)15-11(18)13(2)6-5-9(17)16(3)7-13/h5-7H2,1-4H3,(H,15,18). The van der Waals surface area contributed by atoms with Gasteiger partial charge in [0.2, 0.25) is 11.8 Å². The molecule has 0 spiro atoms. The number of rotatable bonds is 4. The molecule has 2 rings (SSSR count).